The van der Waals surface area contributed by atoms with Crippen molar-refractivity contribution in [3.05, 3.63) is 153 Å². The minimum atomic E-state index is -0.136. The predicted octanol–water partition coefficient (Wildman–Crippen LogP) is 8.28. The van der Waals surface area contributed by atoms with Gasteiger partial charge in [-0.3, -0.25) is 19.6 Å². The quantitative estimate of drug-likeness (QED) is 0.163. The van der Waals surface area contributed by atoms with Gasteiger partial charge < -0.3 is 24.0 Å². The Morgan fingerprint density at radius 3 is 1.84 bits per heavy atom. The smallest absolute Gasteiger partial charge is 0.257 e. The minimum absolute atomic E-state index is 0.0206. The fraction of sp³-hybridized carbons (Fsp3) is 0.213. The lowest BCUT2D eigenvalue weighted by Crippen LogP contribution is -2.44. The molecule has 2 atom stereocenters. The van der Waals surface area contributed by atoms with Crippen molar-refractivity contribution < 1.29 is 23.8 Å². The molecular formula is C47H39N5O5. The SMILES string of the molecule is COc1cc2c(cc1OCc1cc(COc3cc4c(cc3C)C(=O)N3Cc5ccccc5C[C@H]3C=N4)c3ccccc3n1)N=C[C@@H]1Cc3ccccc3CN1C2=O. The van der Waals surface area contributed by atoms with E-state index < -0.39 is 0 Å². The Morgan fingerprint density at radius 1 is 0.632 bits per heavy atom. The van der Waals surface area contributed by atoms with Crippen molar-refractivity contribution in [3.8, 4) is 17.2 Å². The Hall–Kier alpha value is -6.81. The molecule has 0 aliphatic carbocycles. The Morgan fingerprint density at radius 2 is 1.19 bits per heavy atom. The van der Waals surface area contributed by atoms with Gasteiger partial charge in [0.05, 0.1) is 52.9 Å². The molecule has 10 heteroatoms. The first-order valence-electron chi connectivity index (χ1n) is 19.2. The molecule has 4 aliphatic rings. The number of ether oxygens (including phenoxy) is 3. The van der Waals surface area contributed by atoms with Crippen molar-refractivity contribution in [3.63, 3.8) is 0 Å². The molecule has 282 valence electrons. The average molecular weight is 754 g/mol. The summed E-state index contributed by atoms with van der Waals surface area (Å²) in [5, 5.41) is 0.965. The van der Waals surface area contributed by atoms with Crippen LogP contribution in [-0.4, -0.2) is 58.2 Å². The summed E-state index contributed by atoms with van der Waals surface area (Å²) in [7, 11) is 1.57. The molecule has 5 heterocycles. The maximum atomic E-state index is 13.9. The number of carbonyl (C=O) groups is 2. The summed E-state index contributed by atoms with van der Waals surface area (Å²) in [6, 6.07) is 33.5. The van der Waals surface area contributed by atoms with Crippen molar-refractivity contribution in [1.82, 2.24) is 14.8 Å². The molecule has 5 aromatic carbocycles. The lowest BCUT2D eigenvalue weighted by molar-refractivity contribution is 0.0696. The third kappa shape index (κ3) is 6.27. The van der Waals surface area contributed by atoms with Crippen LogP contribution in [0.4, 0.5) is 11.4 Å². The number of aliphatic imine (C=N–C) groups is 2. The van der Waals surface area contributed by atoms with Crippen LogP contribution in [0.5, 0.6) is 17.2 Å². The zero-order valence-corrected chi connectivity index (χ0v) is 31.6. The number of methoxy groups -OCH3 is 1. The molecule has 10 nitrogen and oxygen atoms in total. The van der Waals surface area contributed by atoms with Gasteiger partial charge in [-0.1, -0.05) is 66.7 Å². The number of nitrogens with zero attached hydrogens (tertiary/aromatic N) is 5. The summed E-state index contributed by atoms with van der Waals surface area (Å²) in [6.07, 6.45) is 5.22. The van der Waals surface area contributed by atoms with Crippen LogP contribution in [0.1, 0.15) is 59.8 Å². The first-order chi connectivity index (χ1) is 27.9. The maximum absolute atomic E-state index is 13.9. The molecule has 57 heavy (non-hydrogen) atoms. The van der Waals surface area contributed by atoms with Crippen LogP contribution in [0.15, 0.2) is 113 Å². The summed E-state index contributed by atoms with van der Waals surface area (Å²) < 4.78 is 18.6. The third-order valence-corrected chi connectivity index (χ3v) is 11.5. The van der Waals surface area contributed by atoms with Crippen LogP contribution in [0.25, 0.3) is 10.9 Å². The van der Waals surface area contributed by atoms with Crippen LogP contribution in [0, 0.1) is 6.92 Å². The Bertz CT molecular complexity index is 2690. The summed E-state index contributed by atoms with van der Waals surface area (Å²) in [5.41, 5.74) is 10.3. The molecule has 0 saturated heterocycles. The monoisotopic (exact) mass is 753 g/mol. The predicted molar refractivity (Wildman–Crippen MR) is 218 cm³/mol. The fourth-order valence-electron chi connectivity index (χ4n) is 8.47. The number of para-hydroxylation sites is 1. The number of hydrogen-bond donors (Lipinski definition) is 0. The van der Waals surface area contributed by atoms with E-state index in [0.29, 0.717) is 65.0 Å². The third-order valence-electron chi connectivity index (χ3n) is 11.5. The molecule has 0 saturated carbocycles. The Labute approximate surface area is 330 Å². The molecule has 0 fully saturated rings. The Kier molecular flexibility index (Phi) is 8.54. The number of rotatable bonds is 7. The van der Waals surface area contributed by atoms with Crippen LogP contribution >= 0.6 is 0 Å². The van der Waals surface area contributed by atoms with Gasteiger partial charge in [0.2, 0.25) is 0 Å². The number of benzene rings is 5. The summed E-state index contributed by atoms with van der Waals surface area (Å²) in [4.78, 5) is 46.0. The fourth-order valence-corrected chi connectivity index (χ4v) is 8.47. The first kappa shape index (κ1) is 34.7. The highest BCUT2D eigenvalue weighted by atomic mass is 16.5. The second-order valence-electron chi connectivity index (χ2n) is 15.0. The van der Waals surface area contributed by atoms with Crippen LogP contribution < -0.4 is 14.2 Å². The molecule has 0 bridgehead atoms. The molecule has 0 N–H and O–H groups in total. The van der Waals surface area contributed by atoms with E-state index in [-0.39, 0.29) is 37.1 Å². The zero-order valence-electron chi connectivity index (χ0n) is 31.6. The number of amides is 2. The van der Waals surface area contributed by atoms with Gasteiger partial charge in [0.25, 0.3) is 11.8 Å². The van der Waals surface area contributed by atoms with Crippen LogP contribution in [0.3, 0.4) is 0 Å². The zero-order chi connectivity index (χ0) is 38.6. The van der Waals surface area contributed by atoms with Gasteiger partial charge in [-0.25, -0.2) is 4.98 Å². The molecule has 10 rings (SSSR count). The van der Waals surface area contributed by atoms with Gasteiger partial charge in [-0.15, -0.1) is 0 Å². The standard InChI is InChI=1S/C47H39N5O5/c1-28-15-38-41(48-22-35-17-29-9-3-5-11-31(29)24-51(35)46(38)53)20-43(28)56-26-33-16-34(50-40-14-8-7-13-37(33)40)27-57-45-21-42-39(19-44(45)55-2)47(54)52-25-32-12-6-4-10-30(32)18-36(52)23-49-42/h3-16,19-23,35-36H,17-18,24-27H2,1-2H3/t35-,36-/m0/s1. The molecular weight excluding hydrogens is 715 g/mol. The molecule has 4 aliphatic heterocycles. The van der Waals surface area contributed by atoms with Crippen molar-refractivity contribution >= 4 is 46.5 Å². The number of hydrogen-bond acceptors (Lipinski definition) is 8. The minimum Gasteiger partial charge on any atom is -0.493 e. The summed E-state index contributed by atoms with van der Waals surface area (Å²) >= 11 is 0. The van der Waals surface area contributed by atoms with Gasteiger partial charge in [0.15, 0.2) is 11.5 Å². The van der Waals surface area contributed by atoms with E-state index in [4.69, 9.17) is 29.2 Å². The summed E-state index contributed by atoms with van der Waals surface area (Å²) in [6.45, 7) is 3.45. The van der Waals surface area contributed by atoms with E-state index in [2.05, 4.69) is 24.3 Å². The number of pyridine rings is 1. The molecule has 2 amide bonds. The lowest BCUT2D eigenvalue weighted by atomic mass is 9.94. The number of aromatic nitrogens is 1. The molecule has 1 aromatic heterocycles. The van der Waals surface area contributed by atoms with Crippen molar-refractivity contribution in [2.45, 2.75) is 58.2 Å². The molecule has 0 spiro atoms. The van der Waals surface area contributed by atoms with Gasteiger partial charge in [-0.2, -0.15) is 0 Å². The lowest BCUT2D eigenvalue weighted by Gasteiger charge is -2.34. The van der Waals surface area contributed by atoms with E-state index in [9.17, 15) is 9.59 Å². The highest BCUT2D eigenvalue weighted by molar-refractivity contribution is 6.04. The first-order valence-corrected chi connectivity index (χ1v) is 19.2. The van der Waals surface area contributed by atoms with Gasteiger partial charge in [-0.05, 0) is 71.8 Å². The second kappa shape index (κ2) is 14.0. The molecule has 0 radical (unpaired) electrons. The number of carbonyl (C=O) groups excluding carboxylic acids is 2. The van der Waals surface area contributed by atoms with E-state index in [1.807, 2.05) is 95.9 Å². The van der Waals surface area contributed by atoms with Crippen molar-refractivity contribution in [2.75, 3.05) is 7.11 Å². The van der Waals surface area contributed by atoms with Crippen molar-refractivity contribution in [2.24, 2.45) is 9.98 Å². The van der Waals surface area contributed by atoms with E-state index >= 15 is 0 Å². The van der Waals surface area contributed by atoms with Crippen LogP contribution in [0.2, 0.25) is 0 Å². The second-order valence-corrected chi connectivity index (χ2v) is 15.0. The van der Waals surface area contributed by atoms with Gasteiger partial charge >= 0.3 is 0 Å². The van der Waals surface area contributed by atoms with E-state index in [1.54, 1.807) is 19.2 Å². The topological polar surface area (TPSA) is 106 Å². The van der Waals surface area contributed by atoms with E-state index in [0.717, 1.165) is 34.0 Å². The normalized spacial score (nSPS) is 17.7. The molecule has 6 aromatic rings. The van der Waals surface area contributed by atoms with Gasteiger partial charge in [0, 0.05) is 48.6 Å². The maximum Gasteiger partial charge on any atom is 0.257 e. The summed E-state index contributed by atoms with van der Waals surface area (Å²) in [5.74, 6) is 1.46. The van der Waals surface area contributed by atoms with Crippen molar-refractivity contribution in [1.29, 1.82) is 0 Å². The number of fused-ring (bicyclic) bond motifs is 7. The highest BCUT2D eigenvalue weighted by Gasteiger charge is 2.34. The Balaban J connectivity index is 0.892. The largest absolute Gasteiger partial charge is 0.493 e. The molecule has 0 unspecified atom stereocenters. The van der Waals surface area contributed by atoms with Crippen LogP contribution in [-0.2, 0) is 39.1 Å². The van der Waals surface area contributed by atoms with E-state index in [1.165, 1.54) is 16.7 Å². The van der Waals surface area contributed by atoms with Gasteiger partial charge in [0.1, 0.15) is 19.0 Å². The average Bonchev–Trinajstić information content (AvgIpc) is 3.45. The number of aryl methyl sites for hydroxylation is 1. The highest BCUT2D eigenvalue weighted by Crippen LogP contribution is 2.39.